The summed E-state index contributed by atoms with van der Waals surface area (Å²) in [6.45, 7) is 8.31. The molecule has 2 heterocycles. The van der Waals surface area contributed by atoms with E-state index in [1.807, 2.05) is 24.3 Å². The van der Waals surface area contributed by atoms with E-state index in [2.05, 4.69) is 42.4 Å². The van der Waals surface area contributed by atoms with Crippen molar-refractivity contribution in [1.29, 1.82) is 0 Å². The van der Waals surface area contributed by atoms with Crippen LogP contribution in [0.25, 0.3) is 11.1 Å². The Labute approximate surface area is 181 Å². The standard InChI is InChI=1S/C24H26N4O3/c1-4-10-25-24(31)26-17-12-21-22(29)27-20-9-8-16(11-19(20)23(30)28(21)13-17)18-7-5-6-14(2)15(18)3/h4-9,11,17,21H,1,10,12-13H2,2-3H3,(H,27,29)(H2,25,26,31)/t17-,21-/m0/s1. The molecule has 0 aliphatic carbocycles. The highest BCUT2D eigenvalue weighted by Crippen LogP contribution is 2.33. The Morgan fingerprint density at radius 1 is 1.23 bits per heavy atom. The van der Waals surface area contributed by atoms with Gasteiger partial charge >= 0.3 is 6.03 Å². The lowest BCUT2D eigenvalue weighted by molar-refractivity contribution is -0.119. The van der Waals surface area contributed by atoms with Crippen molar-refractivity contribution in [3.8, 4) is 11.1 Å². The van der Waals surface area contributed by atoms with Gasteiger partial charge in [-0.15, -0.1) is 6.58 Å². The number of nitrogens with zero attached hydrogens (tertiary/aromatic N) is 1. The van der Waals surface area contributed by atoms with Gasteiger partial charge in [0.05, 0.1) is 17.3 Å². The van der Waals surface area contributed by atoms with Gasteiger partial charge in [-0.2, -0.15) is 0 Å². The molecule has 0 aromatic heterocycles. The summed E-state index contributed by atoms with van der Waals surface area (Å²) in [5.41, 5.74) is 5.30. The molecular formula is C24H26N4O3. The number of carbonyl (C=O) groups is 3. The van der Waals surface area contributed by atoms with E-state index in [1.165, 1.54) is 5.56 Å². The molecule has 3 N–H and O–H groups in total. The minimum Gasteiger partial charge on any atom is -0.335 e. The lowest BCUT2D eigenvalue weighted by Gasteiger charge is -2.20. The Hall–Kier alpha value is -3.61. The van der Waals surface area contributed by atoms with Gasteiger partial charge in [0.15, 0.2) is 0 Å². The van der Waals surface area contributed by atoms with E-state index in [4.69, 9.17) is 0 Å². The molecule has 4 rings (SSSR count). The molecule has 0 bridgehead atoms. The van der Waals surface area contributed by atoms with E-state index in [9.17, 15) is 14.4 Å². The summed E-state index contributed by atoms with van der Waals surface area (Å²) in [4.78, 5) is 39.8. The van der Waals surface area contributed by atoms with Crippen molar-refractivity contribution in [2.24, 2.45) is 0 Å². The first kappa shape index (κ1) is 20.7. The second-order valence-corrected chi connectivity index (χ2v) is 8.05. The van der Waals surface area contributed by atoms with E-state index in [1.54, 1.807) is 17.0 Å². The van der Waals surface area contributed by atoms with Gasteiger partial charge in [-0.1, -0.05) is 30.3 Å². The number of aryl methyl sites for hydroxylation is 1. The van der Waals surface area contributed by atoms with Crippen molar-refractivity contribution >= 4 is 23.5 Å². The van der Waals surface area contributed by atoms with Crippen LogP contribution in [0, 0.1) is 13.8 Å². The average Bonchev–Trinajstić information content (AvgIpc) is 3.14. The molecule has 0 spiro atoms. The van der Waals surface area contributed by atoms with Crippen molar-refractivity contribution in [2.45, 2.75) is 32.4 Å². The van der Waals surface area contributed by atoms with Gasteiger partial charge in [-0.3, -0.25) is 9.59 Å². The first-order chi connectivity index (χ1) is 14.9. The number of benzene rings is 2. The van der Waals surface area contributed by atoms with Crippen LogP contribution in [-0.2, 0) is 4.79 Å². The Balaban J connectivity index is 1.62. The number of hydrogen-bond donors (Lipinski definition) is 3. The second kappa shape index (κ2) is 8.26. The van der Waals surface area contributed by atoms with E-state index < -0.39 is 6.04 Å². The predicted octanol–water partition coefficient (Wildman–Crippen LogP) is 2.99. The molecule has 2 atom stereocenters. The van der Waals surface area contributed by atoms with Gasteiger partial charge in [0.1, 0.15) is 6.04 Å². The number of hydrogen-bond acceptors (Lipinski definition) is 3. The highest BCUT2D eigenvalue weighted by molar-refractivity contribution is 6.11. The zero-order valence-corrected chi connectivity index (χ0v) is 17.7. The molecule has 160 valence electrons. The summed E-state index contributed by atoms with van der Waals surface area (Å²) in [5.74, 6) is -0.441. The third kappa shape index (κ3) is 3.91. The number of nitrogens with one attached hydrogen (secondary N) is 3. The first-order valence-corrected chi connectivity index (χ1v) is 10.4. The largest absolute Gasteiger partial charge is 0.335 e. The quantitative estimate of drug-likeness (QED) is 0.667. The fraction of sp³-hybridized carbons (Fsp3) is 0.292. The molecule has 31 heavy (non-hydrogen) atoms. The van der Waals surface area contributed by atoms with Crippen molar-refractivity contribution in [1.82, 2.24) is 15.5 Å². The third-order valence-corrected chi connectivity index (χ3v) is 6.03. The predicted molar refractivity (Wildman–Crippen MR) is 120 cm³/mol. The molecule has 0 unspecified atom stereocenters. The van der Waals surface area contributed by atoms with Crippen LogP contribution >= 0.6 is 0 Å². The zero-order chi connectivity index (χ0) is 22.1. The summed E-state index contributed by atoms with van der Waals surface area (Å²) in [7, 11) is 0. The third-order valence-electron chi connectivity index (χ3n) is 6.03. The molecule has 4 amide bonds. The van der Waals surface area contributed by atoms with Crippen molar-refractivity contribution in [3.05, 3.63) is 65.7 Å². The lowest BCUT2D eigenvalue weighted by atomic mass is 9.95. The molecule has 2 aromatic carbocycles. The monoisotopic (exact) mass is 418 g/mol. The highest BCUT2D eigenvalue weighted by atomic mass is 16.2. The van der Waals surface area contributed by atoms with Crippen LogP contribution in [0.4, 0.5) is 10.5 Å². The van der Waals surface area contributed by atoms with E-state index in [0.717, 1.165) is 16.7 Å². The van der Waals surface area contributed by atoms with Crippen LogP contribution in [0.5, 0.6) is 0 Å². The summed E-state index contributed by atoms with van der Waals surface area (Å²) in [6.07, 6.45) is 1.96. The molecular weight excluding hydrogens is 392 g/mol. The van der Waals surface area contributed by atoms with Gasteiger partial charge < -0.3 is 20.9 Å². The average molecular weight is 418 g/mol. The van der Waals surface area contributed by atoms with Crippen LogP contribution < -0.4 is 16.0 Å². The van der Waals surface area contributed by atoms with Crippen LogP contribution in [0.2, 0.25) is 0 Å². The van der Waals surface area contributed by atoms with Gasteiger partial charge in [0.25, 0.3) is 5.91 Å². The van der Waals surface area contributed by atoms with E-state index >= 15 is 0 Å². The van der Waals surface area contributed by atoms with E-state index in [-0.39, 0.29) is 30.4 Å². The first-order valence-electron chi connectivity index (χ1n) is 10.4. The maximum Gasteiger partial charge on any atom is 0.315 e. The minimum atomic E-state index is -0.617. The molecule has 1 fully saturated rings. The number of urea groups is 1. The smallest absolute Gasteiger partial charge is 0.315 e. The van der Waals surface area contributed by atoms with Crippen LogP contribution in [0.15, 0.2) is 49.1 Å². The molecule has 2 aliphatic rings. The topological polar surface area (TPSA) is 90.5 Å². The number of amides is 4. The highest BCUT2D eigenvalue weighted by Gasteiger charge is 2.43. The maximum absolute atomic E-state index is 13.4. The van der Waals surface area contributed by atoms with Gasteiger partial charge in [0, 0.05) is 13.1 Å². The molecule has 0 saturated carbocycles. The number of rotatable bonds is 4. The van der Waals surface area contributed by atoms with Crippen molar-refractivity contribution < 1.29 is 14.4 Å². The summed E-state index contributed by atoms with van der Waals surface area (Å²) in [5, 5.41) is 8.38. The molecule has 1 saturated heterocycles. The fourth-order valence-electron chi connectivity index (χ4n) is 4.25. The van der Waals surface area contributed by atoms with Gasteiger partial charge in [-0.05, 0) is 54.7 Å². The molecule has 2 aliphatic heterocycles. The van der Waals surface area contributed by atoms with Gasteiger partial charge in [0.2, 0.25) is 5.91 Å². The Morgan fingerprint density at radius 3 is 2.81 bits per heavy atom. The minimum absolute atomic E-state index is 0.207. The molecule has 2 aromatic rings. The zero-order valence-electron chi connectivity index (χ0n) is 17.7. The van der Waals surface area contributed by atoms with Gasteiger partial charge in [-0.25, -0.2) is 4.79 Å². The summed E-state index contributed by atoms with van der Waals surface area (Å²) in [6, 6.07) is 10.4. The summed E-state index contributed by atoms with van der Waals surface area (Å²) < 4.78 is 0. The Kier molecular flexibility index (Phi) is 5.50. The van der Waals surface area contributed by atoms with Crippen LogP contribution in [0.1, 0.15) is 27.9 Å². The fourth-order valence-corrected chi connectivity index (χ4v) is 4.25. The Bertz CT molecular complexity index is 1080. The lowest BCUT2D eigenvalue weighted by Crippen LogP contribution is -2.44. The molecule has 0 radical (unpaired) electrons. The van der Waals surface area contributed by atoms with E-state index in [0.29, 0.717) is 24.2 Å². The van der Waals surface area contributed by atoms with Crippen LogP contribution in [0.3, 0.4) is 0 Å². The number of fused-ring (bicyclic) bond motifs is 2. The molecule has 7 nitrogen and oxygen atoms in total. The maximum atomic E-state index is 13.4. The summed E-state index contributed by atoms with van der Waals surface area (Å²) >= 11 is 0. The molecule has 7 heteroatoms. The van der Waals surface area contributed by atoms with Crippen molar-refractivity contribution in [3.63, 3.8) is 0 Å². The second-order valence-electron chi connectivity index (χ2n) is 8.05. The normalized spacial score (nSPS) is 19.7. The number of carbonyl (C=O) groups excluding carboxylic acids is 3. The number of anilines is 1. The van der Waals surface area contributed by atoms with Crippen LogP contribution in [-0.4, -0.2) is 47.9 Å². The SMILES string of the molecule is C=CCNC(=O)N[C@H]1C[C@H]2C(=O)Nc3ccc(-c4cccc(C)c4C)cc3C(=O)N2C1. The van der Waals surface area contributed by atoms with Crippen molar-refractivity contribution in [2.75, 3.05) is 18.4 Å². The Morgan fingerprint density at radius 2 is 2.03 bits per heavy atom.